The molecule has 3 atom stereocenters. The van der Waals surface area contributed by atoms with Gasteiger partial charge in [-0.25, -0.2) is 0 Å². The fraction of sp³-hybridized carbons (Fsp3) is 0.462. The molecule has 0 aromatic carbocycles. The minimum absolute atomic E-state index is 0.00196. The lowest BCUT2D eigenvalue weighted by molar-refractivity contribution is -0.142. The average molecular weight is 262 g/mol. The van der Waals surface area contributed by atoms with Crippen LogP contribution in [0.5, 0.6) is 0 Å². The Labute approximate surface area is 109 Å². The van der Waals surface area contributed by atoms with E-state index in [0.29, 0.717) is 12.0 Å². The molecule has 0 spiro atoms. The smallest absolute Gasteiger partial charge is 0.308 e. The average Bonchev–Trinajstić information content (AvgIpc) is 2.95. The van der Waals surface area contributed by atoms with Crippen LogP contribution >= 0.6 is 0 Å². The van der Waals surface area contributed by atoms with Gasteiger partial charge in [-0.15, -0.1) is 0 Å². The second-order valence-corrected chi connectivity index (χ2v) is 5.13. The standard InChI is InChI=1S/C13H14N2O4/c16-11-5-7(3-4-14-11)12(17)15-8-1-2-10(15)9(6-8)13(18)19/h3-5,8-10H,1-2,6H2,(H,14,16)(H,18,19). The Morgan fingerprint density at radius 1 is 1.37 bits per heavy atom. The van der Waals surface area contributed by atoms with Crippen molar-refractivity contribution >= 4 is 11.9 Å². The molecule has 100 valence electrons. The van der Waals surface area contributed by atoms with Crippen LogP contribution in [0.2, 0.25) is 0 Å². The summed E-state index contributed by atoms with van der Waals surface area (Å²) in [4.78, 5) is 38.9. The van der Waals surface area contributed by atoms with Crippen molar-refractivity contribution in [3.63, 3.8) is 0 Å². The number of carbonyl (C=O) groups is 2. The van der Waals surface area contributed by atoms with Gasteiger partial charge in [-0.2, -0.15) is 0 Å². The predicted octanol–water partition coefficient (Wildman–Crippen LogP) is 0.453. The normalized spacial score (nSPS) is 28.6. The first-order chi connectivity index (χ1) is 9.08. The van der Waals surface area contributed by atoms with Crippen LogP contribution in [-0.2, 0) is 4.79 Å². The molecule has 1 aromatic rings. The number of fused-ring (bicyclic) bond motifs is 2. The van der Waals surface area contributed by atoms with Crippen molar-refractivity contribution < 1.29 is 14.7 Å². The molecule has 3 unspecified atom stereocenters. The van der Waals surface area contributed by atoms with Gasteiger partial charge in [0.15, 0.2) is 0 Å². The Balaban J connectivity index is 1.89. The molecule has 6 heteroatoms. The van der Waals surface area contributed by atoms with Crippen molar-refractivity contribution in [3.8, 4) is 0 Å². The second-order valence-electron chi connectivity index (χ2n) is 5.13. The minimum atomic E-state index is -0.837. The molecule has 0 aliphatic carbocycles. The molecule has 0 radical (unpaired) electrons. The van der Waals surface area contributed by atoms with Crippen molar-refractivity contribution in [2.75, 3.05) is 0 Å². The number of hydrogen-bond acceptors (Lipinski definition) is 3. The van der Waals surface area contributed by atoms with Crippen molar-refractivity contribution in [2.45, 2.75) is 31.3 Å². The monoisotopic (exact) mass is 262 g/mol. The first-order valence-corrected chi connectivity index (χ1v) is 6.32. The van der Waals surface area contributed by atoms with Crippen LogP contribution in [0, 0.1) is 5.92 Å². The van der Waals surface area contributed by atoms with Crippen LogP contribution in [0.15, 0.2) is 23.1 Å². The van der Waals surface area contributed by atoms with E-state index in [9.17, 15) is 14.4 Å². The molecule has 2 saturated heterocycles. The van der Waals surface area contributed by atoms with Crippen LogP contribution in [0.25, 0.3) is 0 Å². The zero-order valence-corrected chi connectivity index (χ0v) is 10.2. The number of pyridine rings is 1. The largest absolute Gasteiger partial charge is 0.481 e. The number of aromatic amines is 1. The molecule has 19 heavy (non-hydrogen) atoms. The summed E-state index contributed by atoms with van der Waals surface area (Å²) in [6.07, 6.45) is 3.54. The molecule has 2 fully saturated rings. The Bertz CT molecular complexity index is 594. The number of hydrogen-bond donors (Lipinski definition) is 2. The number of carboxylic acid groups (broad SMARTS) is 1. The number of carboxylic acids is 1. The fourth-order valence-corrected chi connectivity index (χ4v) is 3.30. The van der Waals surface area contributed by atoms with E-state index >= 15 is 0 Å². The van der Waals surface area contributed by atoms with Gasteiger partial charge in [0.25, 0.3) is 5.91 Å². The van der Waals surface area contributed by atoms with Crippen LogP contribution in [0.1, 0.15) is 29.6 Å². The van der Waals surface area contributed by atoms with E-state index in [1.165, 1.54) is 12.3 Å². The van der Waals surface area contributed by atoms with Gasteiger partial charge in [0, 0.05) is 29.9 Å². The van der Waals surface area contributed by atoms with Crippen LogP contribution < -0.4 is 5.56 Å². The van der Waals surface area contributed by atoms with Gasteiger partial charge < -0.3 is 15.0 Å². The quantitative estimate of drug-likeness (QED) is 0.809. The molecule has 3 rings (SSSR count). The first kappa shape index (κ1) is 12.0. The highest BCUT2D eigenvalue weighted by Crippen LogP contribution is 2.42. The second kappa shape index (κ2) is 4.22. The summed E-state index contributed by atoms with van der Waals surface area (Å²) in [5.74, 6) is -1.54. The van der Waals surface area contributed by atoms with Gasteiger partial charge in [0.05, 0.1) is 5.92 Å². The summed E-state index contributed by atoms with van der Waals surface area (Å²) < 4.78 is 0. The number of amides is 1. The third-order valence-corrected chi connectivity index (χ3v) is 4.11. The van der Waals surface area contributed by atoms with Crippen LogP contribution in [0.3, 0.4) is 0 Å². The van der Waals surface area contributed by atoms with Gasteiger partial charge >= 0.3 is 5.97 Å². The number of aromatic nitrogens is 1. The predicted molar refractivity (Wildman–Crippen MR) is 65.8 cm³/mol. The van der Waals surface area contributed by atoms with Crippen molar-refractivity contribution in [1.29, 1.82) is 0 Å². The van der Waals surface area contributed by atoms with Gasteiger partial charge in [0.2, 0.25) is 5.56 Å². The highest BCUT2D eigenvalue weighted by Gasteiger charge is 2.51. The number of carbonyl (C=O) groups excluding carboxylic acids is 1. The molecule has 2 N–H and O–H groups in total. The fourth-order valence-electron chi connectivity index (χ4n) is 3.30. The maximum Gasteiger partial charge on any atom is 0.308 e. The zero-order valence-electron chi connectivity index (χ0n) is 10.2. The number of nitrogens with zero attached hydrogens (tertiary/aromatic N) is 1. The number of rotatable bonds is 2. The molecule has 6 nitrogen and oxygen atoms in total. The van der Waals surface area contributed by atoms with E-state index in [-0.39, 0.29) is 23.6 Å². The molecule has 1 amide bonds. The van der Waals surface area contributed by atoms with E-state index in [4.69, 9.17) is 5.11 Å². The third kappa shape index (κ3) is 1.83. The number of aliphatic carboxylic acids is 1. The highest BCUT2D eigenvalue weighted by molar-refractivity contribution is 5.95. The topological polar surface area (TPSA) is 90.5 Å². The molecule has 2 bridgehead atoms. The number of H-pyrrole nitrogens is 1. The van der Waals surface area contributed by atoms with E-state index in [1.807, 2.05) is 0 Å². The first-order valence-electron chi connectivity index (χ1n) is 6.32. The summed E-state index contributed by atoms with van der Waals surface area (Å²) in [5.41, 5.74) is -0.00105. The van der Waals surface area contributed by atoms with E-state index in [0.717, 1.165) is 12.8 Å². The van der Waals surface area contributed by atoms with E-state index < -0.39 is 11.9 Å². The lowest BCUT2D eigenvalue weighted by Crippen LogP contribution is -2.38. The maximum absolute atomic E-state index is 12.4. The van der Waals surface area contributed by atoms with Crippen molar-refractivity contribution in [3.05, 3.63) is 34.2 Å². The molecular formula is C13H14N2O4. The van der Waals surface area contributed by atoms with Crippen molar-refractivity contribution in [1.82, 2.24) is 9.88 Å². The molecule has 0 saturated carbocycles. The summed E-state index contributed by atoms with van der Waals surface area (Å²) in [6, 6.07) is 2.58. The third-order valence-electron chi connectivity index (χ3n) is 4.11. The zero-order chi connectivity index (χ0) is 13.6. The lowest BCUT2D eigenvalue weighted by Gasteiger charge is -2.23. The molecule has 2 aliphatic rings. The molecule has 3 heterocycles. The Morgan fingerprint density at radius 3 is 2.79 bits per heavy atom. The Morgan fingerprint density at radius 2 is 2.16 bits per heavy atom. The highest BCUT2D eigenvalue weighted by atomic mass is 16.4. The lowest BCUT2D eigenvalue weighted by atomic mass is 9.89. The summed E-state index contributed by atoms with van der Waals surface area (Å²) in [5, 5.41) is 9.16. The minimum Gasteiger partial charge on any atom is -0.481 e. The SMILES string of the molecule is O=C(O)C1CC2CCC1N2C(=O)c1cc[nH]c(=O)c1. The van der Waals surface area contributed by atoms with Crippen LogP contribution in [0.4, 0.5) is 0 Å². The Kier molecular flexibility index (Phi) is 2.66. The summed E-state index contributed by atoms with van der Waals surface area (Å²) in [6.45, 7) is 0. The Hall–Kier alpha value is -2.11. The number of nitrogens with one attached hydrogen (secondary N) is 1. The molecule has 1 aromatic heterocycles. The molecular weight excluding hydrogens is 248 g/mol. The van der Waals surface area contributed by atoms with Gasteiger partial charge in [-0.05, 0) is 25.3 Å². The molecule has 2 aliphatic heterocycles. The van der Waals surface area contributed by atoms with Crippen molar-refractivity contribution in [2.24, 2.45) is 5.92 Å². The maximum atomic E-state index is 12.4. The summed E-state index contributed by atoms with van der Waals surface area (Å²) >= 11 is 0. The van der Waals surface area contributed by atoms with Crippen LogP contribution in [-0.4, -0.2) is 39.0 Å². The summed E-state index contributed by atoms with van der Waals surface area (Å²) in [7, 11) is 0. The van der Waals surface area contributed by atoms with E-state index in [2.05, 4.69) is 4.98 Å². The van der Waals surface area contributed by atoms with Gasteiger partial charge in [-0.1, -0.05) is 0 Å². The van der Waals surface area contributed by atoms with E-state index in [1.54, 1.807) is 11.0 Å². The van der Waals surface area contributed by atoms with Gasteiger partial charge in [-0.3, -0.25) is 14.4 Å². The van der Waals surface area contributed by atoms with Gasteiger partial charge in [0.1, 0.15) is 0 Å².